The fourth-order valence-electron chi connectivity index (χ4n) is 3.82. The summed E-state index contributed by atoms with van der Waals surface area (Å²) < 4.78 is 2.23. The Labute approximate surface area is 190 Å². The van der Waals surface area contributed by atoms with Crippen LogP contribution in [0.3, 0.4) is 0 Å². The number of hydrogen-bond donors (Lipinski definition) is 0. The Bertz CT molecular complexity index is 1160. The summed E-state index contributed by atoms with van der Waals surface area (Å²) in [7, 11) is 0. The molecule has 156 valence electrons. The molecule has 0 aliphatic rings. The SMILES string of the molecule is CCCc1cc(-c2ccccc2)ccc1Cn1cncc1Cc1ccc(C#N)cc1.Cl. The smallest absolute Gasteiger partial charge is 0.0991 e. The maximum Gasteiger partial charge on any atom is 0.0991 e. The average molecular weight is 428 g/mol. The van der Waals surface area contributed by atoms with Gasteiger partial charge in [0, 0.05) is 24.9 Å². The molecule has 0 bridgehead atoms. The van der Waals surface area contributed by atoms with Crippen LogP contribution in [0.2, 0.25) is 0 Å². The number of nitriles is 1. The lowest BCUT2D eigenvalue weighted by Gasteiger charge is -2.14. The number of hydrogen-bond acceptors (Lipinski definition) is 2. The maximum absolute atomic E-state index is 8.99. The second-order valence-corrected chi connectivity index (χ2v) is 7.60. The highest BCUT2D eigenvalue weighted by atomic mass is 35.5. The van der Waals surface area contributed by atoms with Crippen molar-refractivity contribution in [2.45, 2.75) is 32.7 Å². The minimum atomic E-state index is 0. The molecule has 0 fully saturated rings. The number of aryl methyl sites for hydroxylation is 1. The van der Waals surface area contributed by atoms with Crippen molar-refractivity contribution in [1.82, 2.24) is 9.55 Å². The van der Waals surface area contributed by atoms with E-state index in [1.54, 1.807) is 0 Å². The quantitative estimate of drug-likeness (QED) is 0.340. The molecule has 4 rings (SSSR count). The highest BCUT2D eigenvalue weighted by Crippen LogP contribution is 2.24. The third-order valence-corrected chi connectivity index (χ3v) is 5.44. The van der Waals surface area contributed by atoms with Crippen LogP contribution in [-0.2, 0) is 19.4 Å². The Morgan fingerprint density at radius 2 is 1.68 bits per heavy atom. The van der Waals surface area contributed by atoms with Gasteiger partial charge in [0.15, 0.2) is 0 Å². The lowest BCUT2D eigenvalue weighted by Crippen LogP contribution is -2.06. The average Bonchev–Trinajstić information content (AvgIpc) is 3.22. The van der Waals surface area contributed by atoms with Gasteiger partial charge in [0.05, 0.1) is 18.0 Å². The van der Waals surface area contributed by atoms with E-state index in [0.717, 1.165) is 25.8 Å². The van der Waals surface area contributed by atoms with Crippen molar-refractivity contribution in [1.29, 1.82) is 5.26 Å². The zero-order valence-electron chi connectivity index (χ0n) is 17.7. The second kappa shape index (κ2) is 10.6. The molecular formula is C27H26ClN3. The molecule has 31 heavy (non-hydrogen) atoms. The molecule has 0 atom stereocenters. The number of halogens is 1. The van der Waals surface area contributed by atoms with E-state index in [1.165, 1.54) is 33.5 Å². The Morgan fingerprint density at radius 3 is 2.39 bits per heavy atom. The lowest BCUT2D eigenvalue weighted by atomic mass is 9.96. The largest absolute Gasteiger partial charge is 0.330 e. The van der Waals surface area contributed by atoms with Gasteiger partial charge in [-0.2, -0.15) is 5.26 Å². The zero-order valence-corrected chi connectivity index (χ0v) is 18.5. The van der Waals surface area contributed by atoms with Gasteiger partial charge in [-0.1, -0.05) is 74.0 Å². The molecule has 1 heterocycles. The predicted octanol–water partition coefficient (Wildman–Crippen LogP) is 6.44. The zero-order chi connectivity index (χ0) is 20.8. The summed E-state index contributed by atoms with van der Waals surface area (Å²) in [6, 6.07) is 27.3. The standard InChI is InChI=1S/C27H25N3.ClH/c1-2-6-24-16-25(23-7-4-3-5-8-23)13-14-26(24)19-30-20-29-18-27(30)15-21-9-11-22(17-28)12-10-21;/h3-5,7-14,16,18,20H,2,6,15,19H2,1H3;1H. The van der Waals surface area contributed by atoms with Crippen molar-refractivity contribution < 1.29 is 0 Å². The van der Waals surface area contributed by atoms with Gasteiger partial charge >= 0.3 is 0 Å². The third-order valence-electron chi connectivity index (χ3n) is 5.44. The molecule has 3 aromatic carbocycles. The number of imidazole rings is 1. The molecule has 0 unspecified atom stereocenters. The van der Waals surface area contributed by atoms with Crippen LogP contribution in [0.25, 0.3) is 11.1 Å². The molecule has 4 heteroatoms. The van der Waals surface area contributed by atoms with Crippen LogP contribution in [0.5, 0.6) is 0 Å². The van der Waals surface area contributed by atoms with Crippen LogP contribution in [0.15, 0.2) is 85.3 Å². The molecule has 3 nitrogen and oxygen atoms in total. The van der Waals surface area contributed by atoms with E-state index in [0.29, 0.717) is 5.56 Å². The van der Waals surface area contributed by atoms with Gasteiger partial charge in [-0.05, 0) is 46.4 Å². The summed E-state index contributed by atoms with van der Waals surface area (Å²) in [5, 5.41) is 8.99. The summed E-state index contributed by atoms with van der Waals surface area (Å²) >= 11 is 0. The molecule has 0 aliphatic carbocycles. The molecule has 0 radical (unpaired) electrons. The van der Waals surface area contributed by atoms with E-state index < -0.39 is 0 Å². The molecule has 0 saturated heterocycles. The van der Waals surface area contributed by atoms with E-state index in [4.69, 9.17) is 5.26 Å². The minimum Gasteiger partial charge on any atom is -0.330 e. The Kier molecular flexibility index (Phi) is 7.65. The van der Waals surface area contributed by atoms with Crippen molar-refractivity contribution in [3.05, 3.63) is 113 Å². The maximum atomic E-state index is 8.99. The van der Waals surface area contributed by atoms with E-state index in [2.05, 4.69) is 71.1 Å². The Morgan fingerprint density at radius 1 is 0.903 bits per heavy atom. The van der Waals surface area contributed by atoms with E-state index >= 15 is 0 Å². The van der Waals surface area contributed by atoms with Crippen molar-refractivity contribution in [3.8, 4) is 17.2 Å². The molecular weight excluding hydrogens is 402 g/mol. The van der Waals surface area contributed by atoms with Crippen LogP contribution < -0.4 is 0 Å². The number of rotatable bonds is 7. The van der Waals surface area contributed by atoms with Crippen LogP contribution in [0.4, 0.5) is 0 Å². The Balaban J connectivity index is 0.00000272. The van der Waals surface area contributed by atoms with Crippen LogP contribution in [0, 0.1) is 11.3 Å². The predicted molar refractivity (Wildman–Crippen MR) is 128 cm³/mol. The van der Waals surface area contributed by atoms with Gasteiger partial charge in [-0.3, -0.25) is 0 Å². The molecule has 0 amide bonds. The fourth-order valence-corrected chi connectivity index (χ4v) is 3.82. The lowest BCUT2D eigenvalue weighted by molar-refractivity contribution is 0.741. The van der Waals surface area contributed by atoms with Crippen molar-refractivity contribution in [2.75, 3.05) is 0 Å². The highest BCUT2D eigenvalue weighted by molar-refractivity contribution is 5.85. The topological polar surface area (TPSA) is 41.6 Å². The van der Waals surface area contributed by atoms with Crippen molar-refractivity contribution >= 4 is 12.4 Å². The number of nitrogens with zero attached hydrogens (tertiary/aromatic N) is 3. The molecule has 0 saturated carbocycles. The summed E-state index contributed by atoms with van der Waals surface area (Å²) in [6.07, 6.45) is 6.84. The van der Waals surface area contributed by atoms with Crippen molar-refractivity contribution in [3.63, 3.8) is 0 Å². The summed E-state index contributed by atoms with van der Waals surface area (Å²) in [6.45, 7) is 3.04. The van der Waals surface area contributed by atoms with Gasteiger partial charge in [0.2, 0.25) is 0 Å². The van der Waals surface area contributed by atoms with E-state index in [-0.39, 0.29) is 12.4 Å². The van der Waals surface area contributed by atoms with E-state index in [9.17, 15) is 0 Å². The fraction of sp³-hybridized carbons (Fsp3) is 0.185. The van der Waals surface area contributed by atoms with Gasteiger partial charge in [0.25, 0.3) is 0 Å². The van der Waals surface area contributed by atoms with Crippen molar-refractivity contribution in [2.24, 2.45) is 0 Å². The molecule has 0 N–H and O–H groups in total. The third kappa shape index (κ3) is 5.42. The number of aromatic nitrogens is 2. The molecule has 1 aromatic heterocycles. The minimum absolute atomic E-state index is 0. The summed E-state index contributed by atoms with van der Waals surface area (Å²) in [5.74, 6) is 0. The Hall–Kier alpha value is -3.35. The first-order valence-corrected chi connectivity index (χ1v) is 10.4. The van der Waals surface area contributed by atoms with Crippen LogP contribution in [0.1, 0.15) is 41.3 Å². The first kappa shape index (κ1) is 22.3. The monoisotopic (exact) mass is 427 g/mol. The van der Waals surface area contributed by atoms with Gasteiger partial charge in [0.1, 0.15) is 0 Å². The van der Waals surface area contributed by atoms with Gasteiger partial charge in [-0.15, -0.1) is 12.4 Å². The molecule has 0 aliphatic heterocycles. The normalized spacial score (nSPS) is 10.3. The first-order chi connectivity index (χ1) is 14.8. The van der Waals surface area contributed by atoms with Gasteiger partial charge in [-0.25, -0.2) is 4.98 Å². The highest BCUT2D eigenvalue weighted by Gasteiger charge is 2.09. The van der Waals surface area contributed by atoms with E-state index in [1.807, 2.05) is 36.8 Å². The molecule has 0 spiro atoms. The number of benzene rings is 3. The van der Waals surface area contributed by atoms with Gasteiger partial charge < -0.3 is 4.57 Å². The first-order valence-electron chi connectivity index (χ1n) is 10.4. The molecule has 4 aromatic rings. The van der Waals surface area contributed by atoms with Crippen LogP contribution >= 0.6 is 12.4 Å². The summed E-state index contributed by atoms with van der Waals surface area (Å²) in [5.41, 5.74) is 8.32. The second-order valence-electron chi connectivity index (χ2n) is 7.60. The van der Waals surface area contributed by atoms with Crippen LogP contribution in [-0.4, -0.2) is 9.55 Å². The summed E-state index contributed by atoms with van der Waals surface area (Å²) in [4.78, 5) is 4.40.